The fourth-order valence-corrected chi connectivity index (χ4v) is 5.33. The second-order valence-electron chi connectivity index (χ2n) is 10.3. The van der Waals surface area contributed by atoms with Crippen molar-refractivity contribution in [3.8, 4) is 6.07 Å². The molecule has 4 heteroatoms. The number of aromatic nitrogens is 1. The van der Waals surface area contributed by atoms with E-state index in [0.717, 1.165) is 17.9 Å². The van der Waals surface area contributed by atoms with Gasteiger partial charge < -0.3 is 9.80 Å². The number of hydrogen-bond donors (Lipinski definition) is 0. The Morgan fingerprint density at radius 3 is 2.19 bits per heavy atom. The van der Waals surface area contributed by atoms with Crippen molar-refractivity contribution in [1.29, 1.82) is 5.26 Å². The van der Waals surface area contributed by atoms with E-state index < -0.39 is 0 Å². The Kier molecular flexibility index (Phi) is 7.84. The number of hydrogen-bond acceptors (Lipinski definition) is 4. The van der Waals surface area contributed by atoms with Crippen molar-refractivity contribution < 1.29 is 0 Å². The average molecular weight is 483 g/mol. The largest absolute Gasteiger partial charge is 0.316 e. The maximum absolute atomic E-state index is 9.57. The van der Waals surface area contributed by atoms with Crippen molar-refractivity contribution in [2.45, 2.75) is 92.7 Å². The van der Waals surface area contributed by atoms with Crippen LogP contribution in [0.15, 0.2) is 54.7 Å². The van der Waals surface area contributed by atoms with Crippen LogP contribution in [0.4, 0.5) is 22.9 Å². The Hall–Kier alpha value is -3.32. The van der Waals surface area contributed by atoms with Gasteiger partial charge in [-0.2, -0.15) is 5.26 Å². The second-order valence-corrected chi connectivity index (χ2v) is 10.3. The van der Waals surface area contributed by atoms with E-state index in [2.05, 4.69) is 99.9 Å². The summed E-state index contributed by atoms with van der Waals surface area (Å²) in [4.78, 5) is 9.62. The molecule has 0 bridgehead atoms. The van der Waals surface area contributed by atoms with Crippen LogP contribution in [0.3, 0.4) is 0 Å². The third kappa shape index (κ3) is 4.15. The summed E-state index contributed by atoms with van der Waals surface area (Å²) in [5.74, 6) is 0.930. The van der Waals surface area contributed by atoms with E-state index in [-0.39, 0.29) is 17.0 Å². The Balaban J connectivity index is 0.000000861. The van der Waals surface area contributed by atoms with Gasteiger partial charge >= 0.3 is 0 Å². The van der Waals surface area contributed by atoms with Gasteiger partial charge in [-0.15, -0.1) is 0 Å². The number of nitrogens with zero attached hydrogens (tertiary/aromatic N) is 4. The van der Waals surface area contributed by atoms with Crippen LogP contribution in [0.2, 0.25) is 0 Å². The molecule has 2 aliphatic heterocycles. The third-order valence-electron chi connectivity index (χ3n) is 7.37. The zero-order valence-electron chi connectivity index (χ0n) is 23.8. The van der Waals surface area contributed by atoms with Gasteiger partial charge in [-0.1, -0.05) is 92.6 Å². The minimum Gasteiger partial charge on any atom is -0.316 e. The van der Waals surface area contributed by atoms with E-state index in [1.54, 1.807) is 6.20 Å². The Morgan fingerprint density at radius 2 is 1.61 bits per heavy atom. The van der Waals surface area contributed by atoms with Crippen LogP contribution >= 0.6 is 0 Å². The Bertz CT molecular complexity index is 1260. The third-order valence-corrected chi connectivity index (χ3v) is 7.37. The smallest absolute Gasteiger partial charge is 0.158 e. The molecule has 36 heavy (non-hydrogen) atoms. The first-order chi connectivity index (χ1) is 17.2. The number of para-hydroxylation sites is 1. The lowest BCUT2D eigenvalue weighted by molar-refractivity contribution is 0.395. The van der Waals surface area contributed by atoms with Crippen LogP contribution in [0, 0.1) is 18.3 Å². The quantitative estimate of drug-likeness (QED) is 0.366. The van der Waals surface area contributed by atoms with Crippen molar-refractivity contribution in [2.75, 3.05) is 9.80 Å². The van der Waals surface area contributed by atoms with Crippen LogP contribution < -0.4 is 9.80 Å². The zero-order valence-corrected chi connectivity index (χ0v) is 23.8. The summed E-state index contributed by atoms with van der Waals surface area (Å²) in [7, 11) is 0. The molecule has 3 heterocycles. The van der Waals surface area contributed by atoms with Gasteiger partial charge in [-0.25, -0.2) is 4.98 Å². The summed E-state index contributed by atoms with van der Waals surface area (Å²) in [6.07, 6.45) is 2.76. The van der Waals surface area contributed by atoms with Crippen LogP contribution in [0.1, 0.15) is 91.0 Å². The van der Waals surface area contributed by atoms with Crippen molar-refractivity contribution in [1.82, 2.24) is 4.98 Å². The van der Waals surface area contributed by atoms with Crippen LogP contribution in [-0.2, 0) is 10.8 Å². The summed E-state index contributed by atoms with van der Waals surface area (Å²) in [5.41, 5.74) is 7.92. The lowest BCUT2D eigenvalue weighted by Crippen LogP contribution is -2.48. The minimum absolute atomic E-state index is 0.0651. The standard InChI is InChI=1S/C28H30N4.2C2H6/c1-7-28(6)21-15-20(27(3,4)5)12-13-23(21)32-25-24(14-19(16-29)17-30-25)31(26(28)32)22-11-9-8-10-18(22)2;2*1-2/h8-15,17,26H,7H2,1-6H3;2*1-2H3. The molecule has 3 aromatic rings. The van der Waals surface area contributed by atoms with E-state index >= 15 is 0 Å². The van der Waals surface area contributed by atoms with Crippen LogP contribution in [-0.4, -0.2) is 11.1 Å². The molecule has 2 unspecified atom stereocenters. The molecule has 0 amide bonds. The molecular weight excluding hydrogens is 440 g/mol. The molecule has 190 valence electrons. The summed E-state index contributed by atoms with van der Waals surface area (Å²) in [6.45, 7) is 21.6. The predicted molar refractivity (Wildman–Crippen MR) is 154 cm³/mol. The van der Waals surface area contributed by atoms with Crippen molar-refractivity contribution in [3.05, 3.63) is 77.0 Å². The fraction of sp³-hybridized carbons (Fsp3) is 0.438. The lowest BCUT2D eigenvalue weighted by atomic mass is 9.76. The van der Waals surface area contributed by atoms with Crippen molar-refractivity contribution in [2.24, 2.45) is 0 Å². The number of rotatable bonds is 2. The number of pyridine rings is 1. The molecule has 0 N–H and O–H groups in total. The highest BCUT2D eigenvalue weighted by Crippen LogP contribution is 2.60. The van der Waals surface area contributed by atoms with E-state index in [1.165, 1.54) is 28.1 Å². The summed E-state index contributed by atoms with van der Waals surface area (Å²) in [5, 5.41) is 9.57. The van der Waals surface area contributed by atoms with Gasteiger partial charge in [0.15, 0.2) is 5.82 Å². The second kappa shape index (κ2) is 10.3. The summed E-state index contributed by atoms with van der Waals surface area (Å²) in [6, 6.07) is 19.7. The van der Waals surface area contributed by atoms with Gasteiger partial charge in [0.1, 0.15) is 12.2 Å². The fourth-order valence-electron chi connectivity index (χ4n) is 5.33. The molecule has 4 nitrogen and oxygen atoms in total. The van der Waals surface area contributed by atoms with Gasteiger partial charge in [-0.3, -0.25) is 0 Å². The highest BCUT2D eigenvalue weighted by atomic mass is 15.5. The molecule has 0 saturated heterocycles. The number of aryl methyl sites for hydroxylation is 1. The molecule has 2 aromatic carbocycles. The highest BCUT2D eigenvalue weighted by molar-refractivity contribution is 5.91. The first-order valence-corrected chi connectivity index (χ1v) is 13.4. The molecule has 2 aliphatic rings. The number of benzene rings is 2. The minimum atomic E-state index is -0.105. The van der Waals surface area contributed by atoms with E-state index in [1.807, 2.05) is 33.8 Å². The molecule has 1 aromatic heterocycles. The summed E-state index contributed by atoms with van der Waals surface area (Å²) >= 11 is 0. The highest BCUT2D eigenvalue weighted by Gasteiger charge is 2.56. The van der Waals surface area contributed by atoms with Gasteiger partial charge in [0, 0.05) is 23.0 Å². The molecule has 0 radical (unpaired) electrons. The van der Waals surface area contributed by atoms with Gasteiger partial charge in [0.25, 0.3) is 0 Å². The van der Waals surface area contributed by atoms with E-state index in [4.69, 9.17) is 4.98 Å². The average Bonchev–Trinajstić information content (AvgIpc) is 3.36. The van der Waals surface area contributed by atoms with Crippen molar-refractivity contribution >= 4 is 22.9 Å². The molecule has 2 atom stereocenters. The molecule has 5 rings (SSSR count). The topological polar surface area (TPSA) is 43.2 Å². The Labute approximate surface area is 218 Å². The molecule has 0 aliphatic carbocycles. The molecule has 0 saturated carbocycles. The monoisotopic (exact) mass is 482 g/mol. The maximum Gasteiger partial charge on any atom is 0.158 e. The number of anilines is 4. The maximum atomic E-state index is 9.57. The first kappa shape index (κ1) is 27.3. The molecule has 0 fully saturated rings. The first-order valence-electron chi connectivity index (χ1n) is 13.4. The van der Waals surface area contributed by atoms with E-state index in [9.17, 15) is 5.26 Å². The number of fused-ring (bicyclic) bond motifs is 5. The number of nitriles is 1. The normalized spacial score (nSPS) is 19.2. The van der Waals surface area contributed by atoms with Crippen LogP contribution in [0.25, 0.3) is 0 Å². The van der Waals surface area contributed by atoms with Gasteiger partial charge in [-0.05, 0) is 53.6 Å². The van der Waals surface area contributed by atoms with Crippen molar-refractivity contribution in [3.63, 3.8) is 0 Å². The van der Waals surface area contributed by atoms with Gasteiger partial charge in [0.05, 0.1) is 11.3 Å². The van der Waals surface area contributed by atoms with E-state index in [0.29, 0.717) is 5.56 Å². The van der Waals surface area contributed by atoms with Crippen LogP contribution in [0.5, 0.6) is 0 Å². The Morgan fingerprint density at radius 1 is 0.944 bits per heavy atom. The lowest BCUT2D eigenvalue weighted by Gasteiger charge is -2.39. The molecule has 0 spiro atoms. The van der Waals surface area contributed by atoms with Gasteiger partial charge in [0.2, 0.25) is 0 Å². The summed E-state index contributed by atoms with van der Waals surface area (Å²) < 4.78 is 0. The SMILES string of the molecule is CC.CC.CCC1(C)c2cc(C(C)(C)C)ccc2N2c3ncc(C#N)cc3N(c3ccccc3C)C21. The molecular formula is C32H42N4. The zero-order chi connectivity index (χ0) is 26.8. The predicted octanol–water partition coefficient (Wildman–Crippen LogP) is 8.91.